The molecule has 2 rings (SSSR count). The van der Waals surface area contributed by atoms with Gasteiger partial charge in [0.25, 0.3) is 10.2 Å². The number of nitrogens with one attached hydrogen (secondary N) is 1. The second-order valence-corrected chi connectivity index (χ2v) is 8.10. The van der Waals surface area contributed by atoms with Gasteiger partial charge in [-0.15, -0.1) is 0 Å². The van der Waals surface area contributed by atoms with Crippen molar-refractivity contribution < 1.29 is 13.5 Å². The van der Waals surface area contributed by atoms with E-state index in [1.54, 1.807) is 7.05 Å². The summed E-state index contributed by atoms with van der Waals surface area (Å²) in [4.78, 5) is 0. The monoisotopic (exact) mass is 340 g/mol. The van der Waals surface area contributed by atoms with Crippen LogP contribution >= 0.6 is 0 Å². The first-order valence-corrected chi connectivity index (χ1v) is 9.87. The van der Waals surface area contributed by atoms with Gasteiger partial charge in [-0.1, -0.05) is 49.6 Å². The van der Waals surface area contributed by atoms with Crippen LogP contribution in [0.2, 0.25) is 0 Å². The van der Waals surface area contributed by atoms with E-state index < -0.39 is 10.2 Å². The fourth-order valence-electron chi connectivity index (χ4n) is 3.22. The molecule has 1 unspecified atom stereocenters. The van der Waals surface area contributed by atoms with Crippen LogP contribution in [-0.4, -0.2) is 44.1 Å². The molecule has 0 radical (unpaired) electrons. The highest BCUT2D eigenvalue weighted by molar-refractivity contribution is 7.87. The first-order valence-electron chi connectivity index (χ1n) is 8.43. The van der Waals surface area contributed by atoms with Crippen LogP contribution in [0.3, 0.4) is 0 Å². The molecule has 0 saturated heterocycles. The Bertz CT molecular complexity index is 556. The van der Waals surface area contributed by atoms with Gasteiger partial charge in [0, 0.05) is 26.2 Å². The zero-order chi connectivity index (χ0) is 16.7. The number of hydrogen-bond donors (Lipinski definition) is 2. The number of aliphatic hydroxyl groups is 1. The van der Waals surface area contributed by atoms with Gasteiger partial charge in [0.15, 0.2) is 0 Å². The van der Waals surface area contributed by atoms with E-state index in [0.717, 1.165) is 31.2 Å². The molecular weight excluding hydrogens is 312 g/mol. The molecule has 130 valence electrons. The molecule has 0 bridgehead atoms. The second kappa shape index (κ2) is 8.78. The molecule has 1 atom stereocenters. The lowest BCUT2D eigenvalue weighted by molar-refractivity contribution is 0.271. The van der Waals surface area contributed by atoms with Crippen molar-refractivity contribution in [2.75, 3.05) is 20.2 Å². The van der Waals surface area contributed by atoms with Crippen LogP contribution in [0.15, 0.2) is 30.3 Å². The fourth-order valence-corrected chi connectivity index (χ4v) is 4.43. The molecule has 1 aromatic rings. The molecule has 5 nitrogen and oxygen atoms in total. The Balaban J connectivity index is 1.98. The molecule has 1 fully saturated rings. The van der Waals surface area contributed by atoms with Crippen LogP contribution in [0.5, 0.6) is 0 Å². The first kappa shape index (κ1) is 18.4. The summed E-state index contributed by atoms with van der Waals surface area (Å²) in [7, 11) is -1.81. The molecule has 1 aliphatic rings. The van der Waals surface area contributed by atoms with E-state index >= 15 is 0 Å². The first-order chi connectivity index (χ1) is 11.0. The summed E-state index contributed by atoms with van der Waals surface area (Å²) in [6, 6.07) is 9.85. The van der Waals surface area contributed by atoms with Gasteiger partial charge in [-0.3, -0.25) is 0 Å². The normalized spacial score (nSPS) is 18.2. The van der Waals surface area contributed by atoms with Gasteiger partial charge in [-0.05, 0) is 30.7 Å². The molecule has 0 aliphatic heterocycles. The number of hydrogen-bond acceptors (Lipinski definition) is 3. The highest BCUT2D eigenvalue weighted by Crippen LogP contribution is 2.24. The molecule has 0 heterocycles. The van der Waals surface area contributed by atoms with E-state index in [1.807, 2.05) is 30.3 Å². The predicted molar refractivity (Wildman–Crippen MR) is 92.4 cm³/mol. The fraction of sp³-hybridized carbons (Fsp3) is 0.647. The van der Waals surface area contributed by atoms with E-state index in [4.69, 9.17) is 0 Å². The van der Waals surface area contributed by atoms with Crippen LogP contribution in [0, 0.1) is 0 Å². The van der Waals surface area contributed by atoms with Gasteiger partial charge in [0.05, 0.1) is 0 Å². The smallest absolute Gasteiger partial charge is 0.279 e. The maximum absolute atomic E-state index is 12.5. The van der Waals surface area contributed by atoms with Crippen LogP contribution < -0.4 is 4.72 Å². The van der Waals surface area contributed by atoms with Crippen molar-refractivity contribution in [3.8, 4) is 0 Å². The molecule has 6 heteroatoms. The minimum absolute atomic E-state index is 0.0178. The summed E-state index contributed by atoms with van der Waals surface area (Å²) in [5, 5.41) is 9.25. The average Bonchev–Trinajstić information content (AvgIpc) is 2.59. The van der Waals surface area contributed by atoms with Crippen molar-refractivity contribution in [3.63, 3.8) is 0 Å². The van der Waals surface area contributed by atoms with Crippen LogP contribution in [-0.2, 0) is 10.2 Å². The Morgan fingerprint density at radius 1 is 1.22 bits per heavy atom. The third-order valence-electron chi connectivity index (χ3n) is 4.73. The maximum atomic E-state index is 12.5. The Kier molecular flexibility index (Phi) is 7.02. The third kappa shape index (κ3) is 5.28. The molecule has 0 amide bonds. The zero-order valence-corrected chi connectivity index (χ0v) is 14.6. The number of benzene rings is 1. The lowest BCUT2D eigenvalue weighted by atomic mass is 9.96. The molecule has 1 aromatic carbocycles. The summed E-state index contributed by atoms with van der Waals surface area (Å²) >= 11 is 0. The van der Waals surface area contributed by atoms with Crippen LogP contribution in [0.4, 0.5) is 0 Å². The Morgan fingerprint density at radius 3 is 2.48 bits per heavy atom. The van der Waals surface area contributed by atoms with E-state index in [-0.39, 0.29) is 18.6 Å². The Labute approximate surface area is 139 Å². The summed E-state index contributed by atoms with van der Waals surface area (Å²) in [5.41, 5.74) is 1.05. The van der Waals surface area contributed by atoms with Gasteiger partial charge in [-0.25, -0.2) is 4.72 Å². The van der Waals surface area contributed by atoms with Crippen molar-refractivity contribution in [1.82, 2.24) is 9.03 Å². The van der Waals surface area contributed by atoms with Gasteiger partial charge < -0.3 is 5.11 Å². The van der Waals surface area contributed by atoms with Gasteiger partial charge >= 0.3 is 0 Å². The SMILES string of the molecule is CN(C1CCCCC1)S(=O)(=O)NCC(CCO)c1ccccc1. The van der Waals surface area contributed by atoms with E-state index in [9.17, 15) is 13.5 Å². The minimum atomic E-state index is -3.48. The van der Waals surface area contributed by atoms with E-state index in [1.165, 1.54) is 10.7 Å². The molecule has 1 aliphatic carbocycles. The molecular formula is C17H28N2O3S. The van der Waals surface area contributed by atoms with Gasteiger partial charge in [0.1, 0.15) is 0 Å². The largest absolute Gasteiger partial charge is 0.396 e. The zero-order valence-electron chi connectivity index (χ0n) is 13.8. The molecule has 0 spiro atoms. The van der Waals surface area contributed by atoms with Crippen molar-refractivity contribution in [2.45, 2.75) is 50.5 Å². The molecule has 1 saturated carbocycles. The Morgan fingerprint density at radius 2 is 1.87 bits per heavy atom. The lowest BCUT2D eigenvalue weighted by Gasteiger charge is -2.31. The number of nitrogens with zero attached hydrogens (tertiary/aromatic N) is 1. The maximum Gasteiger partial charge on any atom is 0.279 e. The summed E-state index contributed by atoms with van der Waals surface area (Å²) in [6.45, 7) is 0.351. The van der Waals surface area contributed by atoms with E-state index in [2.05, 4.69) is 4.72 Å². The topological polar surface area (TPSA) is 69.6 Å². The van der Waals surface area contributed by atoms with Crippen molar-refractivity contribution in [1.29, 1.82) is 0 Å². The minimum Gasteiger partial charge on any atom is -0.396 e. The molecule has 23 heavy (non-hydrogen) atoms. The average molecular weight is 340 g/mol. The molecule has 0 aromatic heterocycles. The van der Waals surface area contributed by atoms with Gasteiger partial charge in [-0.2, -0.15) is 12.7 Å². The van der Waals surface area contributed by atoms with E-state index in [0.29, 0.717) is 13.0 Å². The van der Waals surface area contributed by atoms with Gasteiger partial charge in [0.2, 0.25) is 0 Å². The summed E-state index contributed by atoms with van der Waals surface area (Å²) in [5.74, 6) is -0.0178. The standard InChI is InChI=1S/C17H28N2O3S/c1-19(17-10-6-3-7-11-17)23(21,22)18-14-16(12-13-20)15-8-4-2-5-9-15/h2,4-5,8-9,16-18,20H,3,6-7,10-14H2,1H3. The quantitative estimate of drug-likeness (QED) is 0.762. The highest BCUT2D eigenvalue weighted by Gasteiger charge is 2.28. The second-order valence-electron chi connectivity index (χ2n) is 6.28. The number of aliphatic hydroxyl groups excluding tert-OH is 1. The summed E-state index contributed by atoms with van der Waals surface area (Å²) in [6.07, 6.45) is 5.82. The third-order valence-corrected chi connectivity index (χ3v) is 6.32. The molecule has 2 N–H and O–H groups in total. The van der Waals surface area contributed by atoms with Crippen molar-refractivity contribution >= 4 is 10.2 Å². The Hall–Kier alpha value is -0.950. The lowest BCUT2D eigenvalue weighted by Crippen LogP contribution is -2.45. The van der Waals surface area contributed by atoms with Crippen LogP contribution in [0.1, 0.15) is 50.0 Å². The van der Waals surface area contributed by atoms with Crippen molar-refractivity contribution in [2.24, 2.45) is 0 Å². The van der Waals surface area contributed by atoms with Crippen LogP contribution in [0.25, 0.3) is 0 Å². The summed E-state index contributed by atoms with van der Waals surface area (Å²) < 4.78 is 29.3. The number of rotatable bonds is 8. The highest BCUT2D eigenvalue weighted by atomic mass is 32.2. The van der Waals surface area contributed by atoms with Crippen molar-refractivity contribution in [3.05, 3.63) is 35.9 Å². The predicted octanol–water partition coefficient (Wildman–Crippen LogP) is 2.25.